The lowest BCUT2D eigenvalue weighted by molar-refractivity contribution is -0.144. The fourth-order valence-electron chi connectivity index (χ4n) is 6.50. The van der Waals surface area contributed by atoms with Crippen LogP contribution in [0.25, 0.3) is 5.69 Å². The van der Waals surface area contributed by atoms with Gasteiger partial charge in [0, 0.05) is 71.4 Å². The number of para-hydroxylation sites is 1. The van der Waals surface area contributed by atoms with Gasteiger partial charge in [-0.1, -0.05) is 18.2 Å². The molecule has 17 heteroatoms. The Morgan fingerprint density at radius 1 is 0.907 bits per heavy atom. The molecule has 1 aliphatic carbocycles. The van der Waals surface area contributed by atoms with Gasteiger partial charge in [0.15, 0.2) is 12.3 Å². The lowest BCUT2D eigenvalue weighted by Gasteiger charge is -2.35. The Balaban J connectivity index is 1.28. The van der Waals surface area contributed by atoms with Gasteiger partial charge in [-0.2, -0.15) is 5.10 Å². The van der Waals surface area contributed by atoms with E-state index < -0.39 is 42.6 Å². The van der Waals surface area contributed by atoms with Crippen LogP contribution in [0.1, 0.15) is 68.8 Å². The molecule has 0 bridgehead atoms. The summed E-state index contributed by atoms with van der Waals surface area (Å²) in [5.74, 6) is -2.07. The number of aromatic nitrogens is 2. The van der Waals surface area contributed by atoms with E-state index in [0.717, 1.165) is 19.3 Å². The first-order valence-electron chi connectivity index (χ1n) is 18.7. The Kier molecular flexibility index (Phi) is 14.6. The summed E-state index contributed by atoms with van der Waals surface area (Å²) in [5.41, 5.74) is 0.466. The molecule has 0 radical (unpaired) electrons. The molecule has 1 aromatic heterocycles. The van der Waals surface area contributed by atoms with Crippen molar-refractivity contribution in [3.05, 3.63) is 42.1 Å². The third kappa shape index (κ3) is 10.7. The van der Waals surface area contributed by atoms with Crippen molar-refractivity contribution < 1.29 is 47.7 Å². The van der Waals surface area contributed by atoms with Gasteiger partial charge in [-0.3, -0.25) is 24.0 Å². The van der Waals surface area contributed by atoms with E-state index in [9.17, 15) is 28.8 Å². The molecule has 17 nitrogen and oxygen atoms in total. The first-order chi connectivity index (χ1) is 26.2. The van der Waals surface area contributed by atoms with Gasteiger partial charge < -0.3 is 44.3 Å². The van der Waals surface area contributed by atoms with E-state index in [-0.39, 0.29) is 81.7 Å². The van der Waals surface area contributed by atoms with Crippen molar-refractivity contribution in [3.63, 3.8) is 0 Å². The maximum absolute atomic E-state index is 13.8. The maximum Gasteiger partial charge on any atom is 0.409 e. The smallest absolute Gasteiger partial charge is 0.409 e. The molecule has 2 aliphatic heterocycles. The molecule has 54 heavy (non-hydrogen) atoms. The zero-order chi connectivity index (χ0) is 38.5. The zero-order valence-electron chi connectivity index (χ0n) is 31.0. The number of carbonyl (C=O) groups excluding carboxylic acids is 6. The Bertz CT molecular complexity index is 1610. The van der Waals surface area contributed by atoms with E-state index in [0.29, 0.717) is 38.1 Å². The van der Waals surface area contributed by atoms with Gasteiger partial charge in [0.1, 0.15) is 12.1 Å². The molecule has 2 unspecified atom stereocenters. The van der Waals surface area contributed by atoms with Crippen LogP contribution in [0.4, 0.5) is 4.79 Å². The van der Waals surface area contributed by atoms with E-state index >= 15 is 0 Å². The minimum absolute atomic E-state index is 0.0473. The van der Waals surface area contributed by atoms with Crippen molar-refractivity contribution in [1.29, 1.82) is 0 Å². The van der Waals surface area contributed by atoms with Crippen molar-refractivity contribution in [2.45, 2.75) is 76.4 Å². The maximum atomic E-state index is 13.8. The number of rotatable bonds is 17. The van der Waals surface area contributed by atoms with Crippen LogP contribution in [0.5, 0.6) is 5.88 Å². The van der Waals surface area contributed by atoms with E-state index in [2.05, 4.69) is 15.7 Å². The number of esters is 1. The van der Waals surface area contributed by atoms with Gasteiger partial charge in [0.05, 0.1) is 18.9 Å². The van der Waals surface area contributed by atoms with E-state index in [1.807, 2.05) is 6.07 Å². The number of likely N-dealkylation sites (tertiary alicyclic amines) is 1. The third-order valence-corrected chi connectivity index (χ3v) is 9.69. The van der Waals surface area contributed by atoms with Crippen molar-refractivity contribution in [2.24, 2.45) is 0 Å². The van der Waals surface area contributed by atoms with Crippen LogP contribution in [0.15, 0.2) is 36.4 Å². The van der Waals surface area contributed by atoms with Crippen LogP contribution in [0.3, 0.4) is 0 Å². The number of nitrogens with zero attached hydrogens (tertiary/aromatic N) is 5. The monoisotopic (exact) mass is 753 g/mol. The summed E-state index contributed by atoms with van der Waals surface area (Å²) in [5, 5.41) is 10.3. The second-order valence-electron chi connectivity index (χ2n) is 13.4. The summed E-state index contributed by atoms with van der Waals surface area (Å²) in [6.07, 6.45) is 4.11. The second kappa shape index (κ2) is 19.8. The minimum atomic E-state index is -1.12. The van der Waals surface area contributed by atoms with Crippen LogP contribution in [-0.4, -0.2) is 145 Å². The number of piperazine rings is 1. The van der Waals surface area contributed by atoms with Gasteiger partial charge in [0.25, 0.3) is 11.8 Å². The molecule has 2 aromatic rings. The normalized spacial score (nSPS) is 17.7. The van der Waals surface area contributed by atoms with Crippen LogP contribution in [0, 0.1) is 0 Å². The number of hydrogen-bond donors (Lipinski definition) is 2. The molecule has 0 spiro atoms. The lowest BCUT2D eigenvalue weighted by Crippen LogP contribution is -2.56. The van der Waals surface area contributed by atoms with E-state index in [1.54, 1.807) is 38.3 Å². The van der Waals surface area contributed by atoms with Crippen LogP contribution < -0.4 is 15.4 Å². The molecular weight excluding hydrogens is 702 g/mol. The van der Waals surface area contributed by atoms with Gasteiger partial charge in [-0.25, -0.2) is 9.48 Å². The van der Waals surface area contributed by atoms with Gasteiger partial charge >= 0.3 is 12.1 Å². The summed E-state index contributed by atoms with van der Waals surface area (Å²) in [6, 6.07) is 8.75. The van der Waals surface area contributed by atoms with Crippen molar-refractivity contribution in [2.75, 3.05) is 66.3 Å². The minimum Gasteiger partial charge on any atom is -0.467 e. The average Bonchev–Trinajstić information content (AvgIpc) is 3.84. The molecule has 1 aromatic carbocycles. The number of methoxy groups -OCH3 is 1. The van der Waals surface area contributed by atoms with Crippen LogP contribution in [0.2, 0.25) is 0 Å². The molecule has 5 amide bonds. The highest BCUT2D eigenvalue weighted by Crippen LogP contribution is 2.24. The summed E-state index contributed by atoms with van der Waals surface area (Å²) < 4.78 is 22.7. The highest BCUT2D eigenvalue weighted by Gasteiger charge is 2.36. The first-order valence-corrected chi connectivity index (χ1v) is 18.7. The molecule has 3 aliphatic rings. The molecule has 2 saturated heterocycles. The van der Waals surface area contributed by atoms with Crippen LogP contribution >= 0.6 is 0 Å². The number of amides is 5. The van der Waals surface area contributed by atoms with Crippen molar-refractivity contribution in [1.82, 2.24) is 35.1 Å². The number of nitrogens with one attached hydrogen (secondary N) is 2. The predicted octanol–water partition coefficient (Wildman–Crippen LogP) is 1.67. The quantitative estimate of drug-likeness (QED) is 0.177. The molecule has 5 rings (SSSR count). The fourth-order valence-corrected chi connectivity index (χ4v) is 6.50. The van der Waals surface area contributed by atoms with Gasteiger partial charge in [-0.05, 0) is 57.6 Å². The SMILES string of the molecule is CCOC(=O)N1CCN(C(=O)C(CCC(=O)OCCCOC)NC(=O)c2cc(OCC(=O)N3CCCC3C(=O)NC3CCC3)n(-c3ccccc3)n2)CC1. The number of ether oxygens (including phenoxy) is 4. The van der Waals surface area contributed by atoms with E-state index in [4.69, 9.17) is 18.9 Å². The van der Waals surface area contributed by atoms with E-state index in [1.165, 1.54) is 25.4 Å². The van der Waals surface area contributed by atoms with Crippen molar-refractivity contribution in [3.8, 4) is 11.6 Å². The number of hydrogen-bond acceptors (Lipinski definition) is 11. The molecule has 294 valence electrons. The summed E-state index contributed by atoms with van der Waals surface area (Å²) in [7, 11) is 1.55. The molecular formula is C37H51N7O10. The first kappa shape index (κ1) is 40.0. The van der Waals surface area contributed by atoms with Crippen LogP contribution in [-0.2, 0) is 33.4 Å². The van der Waals surface area contributed by atoms with Gasteiger partial charge in [0.2, 0.25) is 17.7 Å². The topological polar surface area (TPSA) is 191 Å². The molecule has 3 heterocycles. The fraction of sp³-hybridized carbons (Fsp3) is 0.595. The Labute approximate surface area is 314 Å². The molecule has 1 saturated carbocycles. The Morgan fingerprint density at radius 3 is 2.33 bits per heavy atom. The second-order valence-corrected chi connectivity index (χ2v) is 13.4. The Hall–Kier alpha value is -5.19. The number of carbonyl (C=O) groups is 6. The summed E-state index contributed by atoms with van der Waals surface area (Å²) in [4.78, 5) is 83.3. The highest BCUT2D eigenvalue weighted by atomic mass is 16.6. The largest absolute Gasteiger partial charge is 0.467 e. The Morgan fingerprint density at radius 2 is 1.65 bits per heavy atom. The number of benzene rings is 1. The standard InChI is InChI=1S/C37H51N7O10/c1-3-52-37(50)42-20-18-41(19-21-42)36(49)28(15-16-33(46)53-23-9-22-51-2)39-34(47)29-24-32(44(40-29)27-12-5-4-6-13-27)54-25-31(45)43-17-8-14-30(43)35(48)38-26-10-7-11-26/h4-6,12-13,24,26,28,30H,3,7-11,14-23,25H2,1-2H3,(H,38,48)(H,39,47). The average molecular weight is 754 g/mol. The lowest BCUT2D eigenvalue weighted by atomic mass is 9.93. The predicted molar refractivity (Wildman–Crippen MR) is 193 cm³/mol. The molecule has 2 atom stereocenters. The third-order valence-electron chi connectivity index (χ3n) is 9.69. The highest BCUT2D eigenvalue weighted by molar-refractivity contribution is 5.96. The molecule has 2 N–H and O–H groups in total. The van der Waals surface area contributed by atoms with Crippen molar-refractivity contribution >= 4 is 35.7 Å². The van der Waals surface area contributed by atoms with Gasteiger partial charge in [-0.15, -0.1) is 0 Å². The molecule has 3 fully saturated rings. The zero-order valence-corrected chi connectivity index (χ0v) is 31.0. The summed E-state index contributed by atoms with van der Waals surface area (Å²) in [6.45, 7) is 3.48. The summed E-state index contributed by atoms with van der Waals surface area (Å²) >= 11 is 0.